The molecule has 0 aliphatic carbocycles. The Morgan fingerprint density at radius 1 is 1.54 bits per heavy atom. The van der Waals surface area contributed by atoms with E-state index in [1.165, 1.54) is 6.20 Å². The lowest BCUT2D eigenvalue weighted by Gasteiger charge is -2.15. The molecule has 6 heteroatoms. The van der Waals surface area contributed by atoms with Crippen LogP contribution in [0.2, 0.25) is 0 Å². The standard InChI is InChI=1S/C7H16N3O2P/c1-4-11-13(12-5-2)7(8)6-10-9-3/h6,10H,3-5,8H2,1-2H3/b7-6+. The predicted octanol–water partition coefficient (Wildman–Crippen LogP) is 1.33. The fourth-order valence-electron chi connectivity index (χ4n) is 0.585. The Balaban J connectivity index is 4.07. The van der Waals surface area contributed by atoms with Gasteiger partial charge in [-0.15, -0.1) is 0 Å². The van der Waals surface area contributed by atoms with Gasteiger partial charge in [0.1, 0.15) is 5.44 Å². The molecule has 0 spiro atoms. The number of hydrazone groups is 1. The Morgan fingerprint density at radius 2 is 2.08 bits per heavy atom. The van der Waals surface area contributed by atoms with Gasteiger partial charge in [-0.3, -0.25) is 5.43 Å². The molecule has 0 rings (SSSR count). The zero-order chi connectivity index (χ0) is 10.1. The molecule has 0 saturated carbocycles. The van der Waals surface area contributed by atoms with Crippen molar-refractivity contribution in [2.75, 3.05) is 13.2 Å². The molecule has 0 unspecified atom stereocenters. The van der Waals surface area contributed by atoms with Crippen LogP contribution in [0.4, 0.5) is 0 Å². The number of rotatable bonds is 7. The van der Waals surface area contributed by atoms with E-state index < -0.39 is 8.38 Å². The maximum Gasteiger partial charge on any atom is 0.223 e. The van der Waals surface area contributed by atoms with Gasteiger partial charge in [-0.1, -0.05) is 0 Å². The highest BCUT2D eigenvalue weighted by Gasteiger charge is 2.11. The second-order valence-electron chi connectivity index (χ2n) is 1.95. The van der Waals surface area contributed by atoms with E-state index in [0.717, 1.165) is 0 Å². The lowest BCUT2D eigenvalue weighted by atomic mass is 10.9. The van der Waals surface area contributed by atoms with Crippen LogP contribution >= 0.6 is 8.38 Å². The quantitative estimate of drug-likeness (QED) is 0.374. The second kappa shape index (κ2) is 7.98. The van der Waals surface area contributed by atoms with E-state index >= 15 is 0 Å². The molecular weight excluding hydrogens is 189 g/mol. The third kappa shape index (κ3) is 5.58. The van der Waals surface area contributed by atoms with Crippen LogP contribution in [0.3, 0.4) is 0 Å². The Hall–Kier alpha value is -0.640. The Labute approximate surface area is 79.9 Å². The predicted molar refractivity (Wildman–Crippen MR) is 55.1 cm³/mol. The Bertz CT molecular complexity index is 169. The minimum atomic E-state index is -1.15. The number of nitrogens with two attached hydrogens (primary N) is 1. The molecule has 0 amide bonds. The highest BCUT2D eigenvalue weighted by atomic mass is 31.2. The van der Waals surface area contributed by atoms with Crippen molar-refractivity contribution in [3.8, 4) is 0 Å². The molecule has 0 bridgehead atoms. The largest absolute Gasteiger partial charge is 0.393 e. The van der Waals surface area contributed by atoms with Crippen molar-refractivity contribution in [1.82, 2.24) is 5.43 Å². The summed E-state index contributed by atoms with van der Waals surface area (Å²) in [6.07, 6.45) is 1.52. The molecule has 0 aliphatic rings. The molecule has 0 heterocycles. The summed E-state index contributed by atoms with van der Waals surface area (Å²) in [6.45, 7) is 8.17. The fraction of sp³-hybridized carbons (Fsp3) is 0.571. The number of nitrogens with zero attached hydrogens (tertiary/aromatic N) is 1. The van der Waals surface area contributed by atoms with Crippen molar-refractivity contribution < 1.29 is 9.05 Å². The van der Waals surface area contributed by atoms with E-state index in [1.807, 2.05) is 13.8 Å². The summed E-state index contributed by atoms with van der Waals surface area (Å²) >= 11 is 0. The van der Waals surface area contributed by atoms with Crippen LogP contribution in [0.5, 0.6) is 0 Å². The van der Waals surface area contributed by atoms with Gasteiger partial charge in [-0.25, -0.2) is 0 Å². The number of hydrogen-bond acceptors (Lipinski definition) is 5. The van der Waals surface area contributed by atoms with E-state index in [4.69, 9.17) is 14.8 Å². The van der Waals surface area contributed by atoms with Crippen molar-refractivity contribution in [1.29, 1.82) is 0 Å². The van der Waals surface area contributed by atoms with Gasteiger partial charge in [-0.2, -0.15) is 5.10 Å². The van der Waals surface area contributed by atoms with E-state index in [-0.39, 0.29) is 0 Å². The molecule has 0 fully saturated rings. The highest BCUT2D eigenvalue weighted by Crippen LogP contribution is 2.43. The van der Waals surface area contributed by atoms with Crippen molar-refractivity contribution >= 4 is 15.1 Å². The summed E-state index contributed by atoms with van der Waals surface area (Å²) in [5, 5.41) is 3.42. The van der Waals surface area contributed by atoms with Crippen molar-refractivity contribution in [3.05, 3.63) is 11.6 Å². The van der Waals surface area contributed by atoms with Crippen LogP contribution in [-0.2, 0) is 9.05 Å². The molecule has 0 atom stereocenters. The molecule has 0 saturated heterocycles. The van der Waals surface area contributed by atoms with Crippen LogP contribution in [0.25, 0.3) is 0 Å². The second-order valence-corrected chi connectivity index (χ2v) is 3.50. The topological polar surface area (TPSA) is 68.9 Å². The maximum atomic E-state index is 5.67. The van der Waals surface area contributed by atoms with E-state index in [1.54, 1.807) is 0 Å². The van der Waals surface area contributed by atoms with E-state index in [0.29, 0.717) is 18.7 Å². The molecule has 0 aliphatic heterocycles. The zero-order valence-corrected chi connectivity index (χ0v) is 8.88. The molecule has 0 aromatic carbocycles. The molecule has 76 valence electrons. The van der Waals surface area contributed by atoms with Gasteiger partial charge in [-0.05, 0) is 13.8 Å². The van der Waals surface area contributed by atoms with Gasteiger partial charge in [0.25, 0.3) is 0 Å². The summed E-state index contributed by atoms with van der Waals surface area (Å²) in [4.78, 5) is 0. The zero-order valence-electron chi connectivity index (χ0n) is 7.99. The van der Waals surface area contributed by atoms with Gasteiger partial charge >= 0.3 is 0 Å². The normalized spacial score (nSPS) is 11.8. The lowest BCUT2D eigenvalue weighted by molar-refractivity contribution is 0.274. The van der Waals surface area contributed by atoms with Crippen LogP contribution in [0, 0.1) is 0 Å². The number of hydrogen-bond donors (Lipinski definition) is 2. The number of nitrogens with one attached hydrogen (secondary N) is 1. The monoisotopic (exact) mass is 205 g/mol. The lowest BCUT2D eigenvalue weighted by Crippen LogP contribution is -2.05. The SMILES string of the molecule is C=NN/C=C(\N)P(OCC)OCC. The summed E-state index contributed by atoms with van der Waals surface area (Å²) in [6, 6.07) is 0. The van der Waals surface area contributed by atoms with Crippen LogP contribution in [0.1, 0.15) is 13.8 Å². The van der Waals surface area contributed by atoms with Gasteiger partial charge < -0.3 is 14.8 Å². The summed E-state index contributed by atoms with van der Waals surface area (Å²) in [5.74, 6) is 0. The van der Waals surface area contributed by atoms with Crippen LogP contribution in [-0.4, -0.2) is 19.9 Å². The van der Waals surface area contributed by atoms with Gasteiger partial charge in [0.05, 0.1) is 13.2 Å². The molecule has 3 N–H and O–H groups in total. The third-order valence-electron chi connectivity index (χ3n) is 1.01. The first-order valence-electron chi connectivity index (χ1n) is 3.99. The first kappa shape index (κ1) is 12.4. The van der Waals surface area contributed by atoms with E-state index in [9.17, 15) is 0 Å². The van der Waals surface area contributed by atoms with Crippen molar-refractivity contribution in [2.45, 2.75) is 13.8 Å². The summed E-state index contributed by atoms with van der Waals surface area (Å²) in [5.41, 5.74) is 8.70. The van der Waals surface area contributed by atoms with Gasteiger partial charge in [0.2, 0.25) is 8.38 Å². The van der Waals surface area contributed by atoms with Crippen LogP contribution in [0.15, 0.2) is 16.7 Å². The maximum absolute atomic E-state index is 5.67. The van der Waals surface area contributed by atoms with Crippen molar-refractivity contribution in [2.24, 2.45) is 10.8 Å². The smallest absolute Gasteiger partial charge is 0.223 e. The van der Waals surface area contributed by atoms with Crippen molar-refractivity contribution in [3.63, 3.8) is 0 Å². The molecule has 0 radical (unpaired) electrons. The summed E-state index contributed by atoms with van der Waals surface area (Å²) < 4.78 is 10.6. The van der Waals surface area contributed by atoms with Gasteiger partial charge in [0, 0.05) is 12.9 Å². The Morgan fingerprint density at radius 3 is 2.46 bits per heavy atom. The minimum absolute atomic E-state index is 0.506. The van der Waals surface area contributed by atoms with E-state index in [2.05, 4.69) is 17.2 Å². The molecule has 5 nitrogen and oxygen atoms in total. The molecule has 0 aromatic rings. The molecule has 13 heavy (non-hydrogen) atoms. The summed E-state index contributed by atoms with van der Waals surface area (Å²) in [7, 11) is -1.15. The first-order chi connectivity index (χ1) is 6.26. The van der Waals surface area contributed by atoms with Crippen LogP contribution < -0.4 is 11.2 Å². The third-order valence-corrected chi connectivity index (χ3v) is 2.54. The molecular formula is C7H16N3O2P. The highest BCUT2D eigenvalue weighted by molar-refractivity contribution is 7.51. The average molecular weight is 205 g/mol. The average Bonchev–Trinajstić information content (AvgIpc) is 2.14. The van der Waals surface area contributed by atoms with Gasteiger partial charge in [0.15, 0.2) is 0 Å². The minimum Gasteiger partial charge on any atom is -0.393 e. The first-order valence-corrected chi connectivity index (χ1v) is 5.16. The Kier molecular flexibility index (Phi) is 7.59. The fourth-order valence-corrected chi connectivity index (χ4v) is 1.59. The molecule has 0 aromatic heterocycles.